The molecule has 3 N–H and O–H groups in total. The first kappa shape index (κ1) is 12.3. The normalized spacial score (nSPS) is 41.4. The van der Waals surface area contributed by atoms with Gasteiger partial charge in [-0.05, 0) is 32.1 Å². The van der Waals surface area contributed by atoms with Crippen molar-refractivity contribution in [3.05, 3.63) is 0 Å². The summed E-state index contributed by atoms with van der Waals surface area (Å²) in [5.41, 5.74) is 5.84. The average Bonchev–Trinajstić information content (AvgIpc) is 2.74. The van der Waals surface area contributed by atoms with Gasteiger partial charge >= 0.3 is 0 Å². The zero-order valence-electron chi connectivity index (χ0n) is 10.1. The highest BCUT2D eigenvalue weighted by Crippen LogP contribution is 2.30. The average molecular weight is 228 g/mol. The highest BCUT2D eigenvalue weighted by Gasteiger charge is 2.37. The van der Waals surface area contributed by atoms with Crippen LogP contribution < -0.4 is 5.73 Å². The van der Waals surface area contributed by atoms with E-state index in [0.29, 0.717) is 24.7 Å². The molecule has 2 aliphatic rings. The van der Waals surface area contributed by atoms with Crippen LogP contribution in [0.4, 0.5) is 0 Å². The van der Waals surface area contributed by atoms with Gasteiger partial charge in [0.2, 0.25) is 0 Å². The number of hydrogen-bond donors (Lipinski definition) is 2. The zero-order chi connectivity index (χ0) is 11.5. The third-order valence-corrected chi connectivity index (χ3v) is 4.19. The van der Waals surface area contributed by atoms with Gasteiger partial charge in [-0.2, -0.15) is 0 Å². The van der Waals surface area contributed by atoms with Gasteiger partial charge in [0.1, 0.15) is 0 Å². The molecular weight excluding hydrogens is 204 g/mol. The molecule has 1 heterocycles. The van der Waals surface area contributed by atoms with Crippen molar-refractivity contribution in [2.45, 2.75) is 56.4 Å². The lowest BCUT2D eigenvalue weighted by molar-refractivity contribution is -0.0271. The smallest absolute Gasteiger partial charge is 0.0695 e. The molecule has 1 saturated heterocycles. The lowest BCUT2D eigenvalue weighted by Crippen LogP contribution is -2.54. The summed E-state index contributed by atoms with van der Waals surface area (Å²) in [7, 11) is 1.78. The number of ether oxygens (including phenoxy) is 1. The molecule has 2 fully saturated rings. The van der Waals surface area contributed by atoms with E-state index in [-0.39, 0.29) is 6.10 Å². The molecule has 0 bridgehead atoms. The van der Waals surface area contributed by atoms with Crippen molar-refractivity contribution in [3.8, 4) is 0 Å². The van der Waals surface area contributed by atoms with Crippen LogP contribution in [0, 0.1) is 0 Å². The monoisotopic (exact) mass is 228 g/mol. The van der Waals surface area contributed by atoms with E-state index in [1.807, 2.05) is 0 Å². The number of methoxy groups -OCH3 is 1. The van der Waals surface area contributed by atoms with Gasteiger partial charge in [-0.1, -0.05) is 0 Å². The quantitative estimate of drug-likeness (QED) is 0.731. The standard InChI is InChI=1S/C12H24N2O2/c1-16-10-5-6-14(9(7-10)8-13)11-3-2-4-12(11)15/h9-12,15H,2-8,13H2,1H3. The molecule has 4 heteroatoms. The molecule has 1 saturated carbocycles. The van der Waals surface area contributed by atoms with Gasteiger partial charge in [0.25, 0.3) is 0 Å². The number of likely N-dealkylation sites (tertiary alicyclic amines) is 1. The van der Waals surface area contributed by atoms with Crippen molar-refractivity contribution in [2.24, 2.45) is 5.73 Å². The summed E-state index contributed by atoms with van der Waals surface area (Å²) in [5, 5.41) is 9.96. The third-order valence-electron chi connectivity index (χ3n) is 4.19. The van der Waals surface area contributed by atoms with E-state index >= 15 is 0 Å². The van der Waals surface area contributed by atoms with Crippen LogP contribution in [-0.4, -0.2) is 54.5 Å². The van der Waals surface area contributed by atoms with Gasteiger partial charge in [-0.15, -0.1) is 0 Å². The maximum Gasteiger partial charge on any atom is 0.0695 e. The van der Waals surface area contributed by atoms with Crippen LogP contribution in [0.3, 0.4) is 0 Å². The molecule has 2 rings (SSSR count). The first-order valence-corrected chi connectivity index (χ1v) is 6.43. The van der Waals surface area contributed by atoms with E-state index in [0.717, 1.165) is 38.6 Å². The number of rotatable bonds is 3. The lowest BCUT2D eigenvalue weighted by Gasteiger charge is -2.43. The van der Waals surface area contributed by atoms with Crippen LogP contribution in [-0.2, 0) is 4.74 Å². The molecule has 0 amide bonds. The van der Waals surface area contributed by atoms with Crippen molar-refractivity contribution in [1.82, 2.24) is 4.90 Å². The van der Waals surface area contributed by atoms with Gasteiger partial charge < -0.3 is 15.6 Å². The van der Waals surface area contributed by atoms with Crippen LogP contribution in [0.25, 0.3) is 0 Å². The summed E-state index contributed by atoms with van der Waals surface area (Å²) in [6.07, 6.45) is 5.50. The second-order valence-corrected chi connectivity index (χ2v) is 5.08. The Hall–Kier alpha value is -0.160. The third kappa shape index (κ3) is 2.40. The number of aliphatic hydroxyl groups excluding tert-OH is 1. The fraction of sp³-hybridized carbons (Fsp3) is 1.00. The van der Waals surface area contributed by atoms with Crippen molar-refractivity contribution < 1.29 is 9.84 Å². The predicted octanol–water partition coefficient (Wildman–Crippen LogP) is 0.338. The van der Waals surface area contributed by atoms with Crippen LogP contribution in [0.5, 0.6) is 0 Å². The fourth-order valence-corrected chi connectivity index (χ4v) is 3.22. The highest BCUT2D eigenvalue weighted by molar-refractivity contribution is 4.92. The van der Waals surface area contributed by atoms with Crippen molar-refractivity contribution in [1.29, 1.82) is 0 Å². The lowest BCUT2D eigenvalue weighted by atomic mass is 9.96. The Morgan fingerprint density at radius 1 is 1.38 bits per heavy atom. The molecule has 0 aromatic heterocycles. The Morgan fingerprint density at radius 3 is 2.75 bits per heavy atom. The molecule has 0 aromatic rings. The summed E-state index contributed by atoms with van der Waals surface area (Å²) in [5.74, 6) is 0. The molecule has 16 heavy (non-hydrogen) atoms. The first-order chi connectivity index (χ1) is 7.76. The predicted molar refractivity (Wildman–Crippen MR) is 63.2 cm³/mol. The zero-order valence-corrected chi connectivity index (χ0v) is 10.1. The van der Waals surface area contributed by atoms with E-state index in [2.05, 4.69) is 4.90 Å². The molecule has 1 aliphatic carbocycles. The van der Waals surface area contributed by atoms with Crippen LogP contribution in [0.1, 0.15) is 32.1 Å². The molecular formula is C12H24N2O2. The maximum atomic E-state index is 9.96. The van der Waals surface area contributed by atoms with E-state index < -0.39 is 0 Å². The minimum Gasteiger partial charge on any atom is -0.391 e. The topological polar surface area (TPSA) is 58.7 Å². The number of aliphatic hydroxyl groups is 1. The Labute approximate surface area is 97.7 Å². The van der Waals surface area contributed by atoms with Crippen LogP contribution >= 0.6 is 0 Å². The SMILES string of the molecule is COC1CCN(C2CCCC2O)C(CN)C1. The molecule has 4 nitrogen and oxygen atoms in total. The van der Waals surface area contributed by atoms with Crippen molar-refractivity contribution in [2.75, 3.05) is 20.2 Å². The van der Waals surface area contributed by atoms with Crippen LogP contribution in [0.2, 0.25) is 0 Å². The van der Waals surface area contributed by atoms with Gasteiger partial charge in [-0.25, -0.2) is 0 Å². The van der Waals surface area contributed by atoms with E-state index in [9.17, 15) is 5.11 Å². The first-order valence-electron chi connectivity index (χ1n) is 6.43. The summed E-state index contributed by atoms with van der Waals surface area (Å²) in [6, 6.07) is 0.725. The maximum absolute atomic E-state index is 9.96. The minimum absolute atomic E-state index is 0.145. The summed E-state index contributed by atoms with van der Waals surface area (Å²) in [6.45, 7) is 1.69. The van der Waals surface area contributed by atoms with Crippen molar-refractivity contribution >= 4 is 0 Å². The second kappa shape index (κ2) is 5.45. The number of nitrogens with two attached hydrogens (primary N) is 1. The molecule has 4 unspecified atom stereocenters. The fourth-order valence-electron chi connectivity index (χ4n) is 3.22. The van der Waals surface area contributed by atoms with E-state index in [4.69, 9.17) is 10.5 Å². The number of hydrogen-bond acceptors (Lipinski definition) is 4. The number of nitrogens with zero attached hydrogens (tertiary/aromatic N) is 1. The highest BCUT2D eigenvalue weighted by atomic mass is 16.5. The van der Waals surface area contributed by atoms with E-state index in [1.165, 1.54) is 0 Å². The Bertz CT molecular complexity index is 225. The Morgan fingerprint density at radius 2 is 2.19 bits per heavy atom. The Kier molecular flexibility index (Phi) is 4.19. The van der Waals surface area contributed by atoms with Crippen LogP contribution in [0.15, 0.2) is 0 Å². The van der Waals surface area contributed by atoms with Crippen molar-refractivity contribution in [3.63, 3.8) is 0 Å². The molecule has 4 atom stereocenters. The Balaban J connectivity index is 1.98. The molecule has 0 radical (unpaired) electrons. The molecule has 0 spiro atoms. The molecule has 0 aromatic carbocycles. The molecule has 94 valence electrons. The summed E-state index contributed by atoms with van der Waals surface area (Å²) in [4.78, 5) is 2.42. The van der Waals surface area contributed by atoms with Gasteiger partial charge in [0, 0.05) is 32.3 Å². The molecule has 1 aliphatic heterocycles. The number of piperidine rings is 1. The summed E-state index contributed by atoms with van der Waals surface area (Å²) < 4.78 is 5.42. The van der Waals surface area contributed by atoms with E-state index in [1.54, 1.807) is 7.11 Å². The van der Waals surface area contributed by atoms with Gasteiger partial charge in [0.05, 0.1) is 12.2 Å². The second-order valence-electron chi connectivity index (χ2n) is 5.08. The largest absolute Gasteiger partial charge is 0.391 e. The minimum atomic E-state index is -0.145. The summed E-state index contributed by atoms with van der Waals surface area (Å²) >= 11 is 0. The van der Waals surface area contributed by atoms with Gasteiger partial charge in [-0.3, -0.25) is 4.90 Å². The van der Waals surface area contributed by atoms with Gasteiger partial charge in [0.15, 0.2) is 0 Å².